The molecule has 0 amide bonds. The van der Waals surface area contributed by atoms with E-state index in [9.17, 15) is 25.6 Å². The van der Waals surface area contributed by atoms with Crippen LogP contribution in [0.4, 0.5) is 20.7 Å². The van der Waals surface area contributed by atoms with Crippen molar-refractivity contribution in [3.8, 4) is 57.7 Å². The molecule has 32 heteroatoms. The predicted octanol–water partition coefficient (Wildman–Crippen LogP) is 2.55. The Kier molecular flexibility index (Phi) is 17.2. The van der Waals surface area contributed by atoms with Crippen LogP contribution in [0, 0.1) is 11.6 Å². The van der Waals surface area contributed by atoms with Gasteiger partial charge in [0.05, 0.1) is 75.9 Å². The number of piperidine rings is 2. The van der Waals surface area contributed by atoms with E-state index in [2.05, 4.69) is 70.2 Å². The van der Waals surface area contributed by atoms with Gasteiger partial charge in [0, 0.05) is 76.3 Å². The summed E-state index contributed by atoms with van der Waals surface area (Å²) in [4.78, 5) is 44.4. The first-order chi connectivity index (χ1) is 38.7. The molecule has 10 rings (SSSR count). The zero-order chi connectivity index (χ0) is 56.6. The standard InChI is InChI=1S/2C24H26FN9O5S/c2*1-37-17-7-18(12-33(11-17)24-27-9-16(25)10-28-24)40(35,36)13-19-31-32-21(15-5-4-6-26-8-15)34(19)20-22(38-2)29-14-30-23(20)39-3/h2*4-6,8-10,14,17-18H,7,11-13H2,1-3H3/t2*17-,18+/m10/s1. The van der Waals surface area contributed by atoms with E-state index < -0.39 is 65.5 Å². The van der Waals surface area contributed by atoms with Crippen LogP contribution < -0.4 is 28.7 Å². The highest BCUT2D eigenvalue weighted by molar-refractivity contribution is 7.91. The minimum absolute atomic E-state index is 0.0819. The van der Waals surface area contributed by atoms with Crippen LogP contribution in [0.5, 0.6) is 23.5 Å². The smallest absolute Gasteiger partial charge is 0.245 e. The summed E-state index contributed by atoms with van der Waals surface area (Å²) in [5.74, 6) is -0.430. The van der Waals surface area contributed by atoms with Crippen molar-refractivity contribution in [2.45, 2.75) is 47.1 Å². The molecular weight excluding hydrogens is 1090 g/mol. The van der Waals surface area contributed by atoms with Gasteiger partial charge in [0.1, 0.15) is 24.2 Å². The Balaban J connectivity index is 0.000000194. The zero-order valence-corrected chi connectivity index (χ0v) is 45.4. The molecule has 2 saturated heterocycles. The van der Waals surface area contributed by atoms with Crippen LogP contribution in [0.1, 0.15) is 24.5 Å². The van der Waals surface area contributed by atoms with Crippen molar-refractivity contribution < 1.29 is 54.0 Å². The lowest BCUT2D eigenvalue weighted by Crippen LogP contribution is -2.50. The van der Waals surface area contributed by atoms with Gasteiger partial charge in [-0.2, -0.15) is 19.9 Å². The number of pyridine rings is 2. The molecule has 10 heterocycles. The maximum absolute atomic E-state index is 13.9. The van der Waals surface area contributed by atoms with Crippen LogP contribution in [0.25, 0.3) is 34.2 Å². The second-order valence-corrected chi connectivity index (χ2v) is 22.3. The monoisotopic (exact) mass is 1140 g/mol. The van der Waals surface area contributed by atoms with Crippen molar-refractivity contribution in [3.63, 3.8) is 0 Å². The Morgan fingerprint density at radius 3 is 1.18 bits per heavy atom. The van der Waals surface area contributed by atoms with Gasteiger partial charge >= 0.3 is 0 Å². The van der Waals surface area contributed by atoms with Crippen molar-refractivity contribution in [3.05, 3.63) is 110 Å². The molecule has 0 aliphatic carbocycles. The molecule has 0 N–H and O–H groups in total. The summed E-state index contributed by atoms with van der Waals surface area (Å²) >= 11 is 0. The van der Waals surface area contributed by atoms with Crippen molar-refractivity contribution >= 4 is 31.6 Å². The molecule has 2 aliphatic rings. The predicted molar refractivity (Wildman–Crippen MR) is 279 cm³/mol. The third-order valence-electron chi connectivity index (χ3n) is 12.9. The van der Waals surface area contributed by atoms with Gasteiger partial charge in [-0.05, 0) is 37.1 Å². The third kappa shape index (κ3) is 12.2. The number of halogens is 2. The molecular formula is C48H52F2N18O10S2. The first kappa shape index (κ1) is 56.1. The second-order valence-electron chi connectivity index (χ2n) is 17.8. The lowest BCUT2D eigenvalue weighted by Gasteiger charge is -2.36. The van der Waals surface area contributed by atoms with Crippen LogP contribution in [0.2, 0.25) is 0 Å². The van der Waals surface area contributed by atoms with Gasteiger partial charge in [-0.3, -0.25) is 19.1 Å². The first-order valence-corrected chi connectivity index (χ1v) is 27.6. The Bertz CT molecular complexity index is 3340. The molecule has 420 valence electrons. The molecule has 0 saturated carbocycles. The van der Waals surface area contributed by atoms with Gasteiger partial charge in [-0.25, -0.2) is 45.6 Å². The van der Waals surface area contributed by atoms with Crippen LogP contribution in [-0.4, -0.2) is 188 Å². The van der Waals surface area contributed by atoms with Crippen LogP contribution in [0.15, 0.2) is 86.5 Å². The SMILES string of the molecule is COc1ncnc(OC)c1-n1c(CS(=O)(=O)[C@@H]2C[C@H](OC)CN(c3ncc(F)cn3)C2)nnc1-c1cccnc1.COc1ncnc(OC)c1-n1c(CS(=O)(=O)[C@H]2C[C@@H](OC)CN(c3ncc(F)cn3)C2)nnc1-c1cccnc1. The van der Waals surface area contributed by atoms with E-state index in [0.29, 0.717) is 35.9 Å². The first-order valence-electron chi connectivity index (χ1n) is 24.2. The van der Waals surface area contributed by atoms with Crippen molar-refractivity contribution in [2.75, 3.05) is 78.6 Å². The van der Waals surface area contributed by atoms with Gasteiger partial charge < -0.3 is 38.2 Å². The topological polar surface area (TPSA) is 320 Å². The van der Waals surface area contributed by atoms with E-state index in [1.807, 2.05) is 0 Å². The highest BCUT2D eigenvalue weighted by atomic mass is 32.2. The summed E-state index contributed by atoms with van der Waals surface area (Å²) in [5.41, 5.74) is 1.62. The maximum Gasteiger partial charge on any atom is 0.245 e. The molecule has 2 aliphatic heterocycles. The highest BCUT2D eigenvalue weighted by Crippen LogP contribution is 2.37. The average molecular weight is 1140 g/mol. The summed E-state index contributed by atoms with van der Waals surface area (Å²) in [7, 11) is 0.958. The van der Waals surface area contributed by atoms with E-state index in [0.717, 1.165) is 24.8 Å². The van der Waals surface area contributed by atoms with Crippen molar-refractivity contribution in [2.24, 2.45) is 0 Å². The molecule has 0 bridgehead atoms. The maximum atomic E-state index is 13.9. The summed E-state index contributed by atoms with van der Waals surface area (Å²) in [6.45, 7) is 0.869. The Morgan fingerprint density at radius 1 is 0.500 bits per heavy atom. The number of hydrogen-bond donors (Lipinski definition) is 0. The van der Waals surface area contributed by atoms with Gasteiger partial charge in [-0.1, -0.05) is 0 Å². The lowest BCUT2D eigenvalue weighted by atomic mass is 10.1. The summed E-state index contributed by atoms with van der Waals surface area (Å²) < 4.78 is 118. The van der Waals surface area contributed by atoms with E-state index in [1.165, 1.54) is 64.4 Å². The largest absolute Gasteiger partial charge is 0.479 e. The second kappa shape index (κ2) is 24.6. The highest BCUT2D eigenvalue weighted by Gasteiger charge is 2.40. The zero-order valence-electron chi connectivity index (χ0n) is 43.8. The molecule has 0 radical (unpaired) electrons. The third-order valence-corrected chi connectivity index (χ3v) is 16.9. The van der Waals surface area contributed by atoms with Crippen LogP contribution in [-0.2, 0) is 40.7 Å². The summed E-state index contributed by atoms with van der Waals surface area (Å²) in [6.07, 6.45) is 12.7. The van der Waals surface area contributed by atoms with E-state index >= 15 is 0 Å². The van der Waals surface area contributed by atoms with E-state index in [-0.39, 0.29) is 84.4 Å². The molecule has 8 aromatic rings. The van der Waals surface area contributed by atoms with Gasteiger partial charge in [0.15, 0.2) is 66.0 Å². The number of ether oxygens (including phenoxy) is 6. The normalized spacial score (nSPS) is 17.6. The number of aromatic nitrogens is 16. The molecule has 8 aromatic heterocycles. The summed E-state index contributed by atoms with van der Waals surface area (Å²) in [6, 6.07) is 6.97. The van der Waals surface area contributed by atoms with Gasteiger partial charge in [-0.15, -0.1) is 20.4 Å². The van der Waals surface area contributed by atoms with Gasteiger partial charge in [0.25, 0.3) is 0 Å². The lowest BCUT2D eigenvalue weighted by molar-refractivity contribution is 0.0897. The fourth-order valence-electron chi connectivity index (χ4n) is 9.07. The van der Waals surface area contributed by atoms with Gasteiger partial charge in [0.2, 0.25) is 35.4 Å². The van der Waals surface area contributed by atoms with Crippen molar-refractivity contribution in [1.82, 2.24) is 79.4 Å². The number of hydrogen-bond acceptors (Lipinski definition) is 26. The molecule has 4 atom stereocenters. The number of rotatable bonds is 18. The van der Waals surface area contributed by atoms with E-state index in [4.69, 9.17) is 28.4 Å². The number of sulfone groups is 2. The molecule has 2 fully saturated rings. The minimum Gasteiger partial charge on any atom is -0.479 e. The minimum atomic E-state index is -3.88. The number of methoxy groups -OCH3 is 6. The van der Waals surface area contributed by atoms with Crippen LogP contribution in [0.3, 0.4) is 0 Å². The molecule has 0 aromatic carbocycles. The average Bonchev–Trinajstić information content (AvgIpc) is 4.22. The number of nitrogens with zero attached hydrogens (tertiary/aromatic N) is 18. The molecule has 28 nitrogen and oxygen atoms in total. The molecule has 80 heavy (non-hydrogen) atoms. The number of anilines is 2. The quantitative estimate of drug-likeness (QED) is 0.119. The molecule has 0 unspecified atom stereocenters. The fraction of sp³-hybridized carbons (Fsp3) is 0.375. The Hall–Kier alpha value is -8.62. The van der Waals surface area contributed by atoms with E-state index in [1.54, 1.807) is 58.9 Å². The Labute approximate surface area is 456 Å². The van der Waals surface area contributed by atoms with Crippen LogP contribution >= 0.6 is 0 Å². The Morgan fingerprint density at radius 2 is 0.863 bits per heavy atom. The van der Waals surface area contributed by atoms with Crippen molar-refractivity contribution in [1.29, 1.82) is 0 Å². The summed E-state index contributed by atoms with van der Waals surface area (Å²) in [5, 5.41) is 15.4. The fourth-order valence-corrected chi connectivity index (χ4v) is 12.5. The molecule has 0 spiro atoms.